The average molecular weight is 404 g/mol. The quantitative estimate of drug-likeness (QED) is 0.464. The van der Waals surface area contributed by atoms with Crippen LogP contribution in [0.4, 0.5) is 0 Å². The molecule has 4 aromatic rings. The number of carbonyl (C=O) groups excluding carboxylic acids is 1. The fraction of sp³-hybridized carbons (Fsp3) is 0.136. The molecular weight excluding hydrogens is 386 g/mol. The van der Waals surface area contributed by atoms with Gasteiger partial charge in [-0.15, -0.1) is 0 Å². The van der Waals surface area contributed by atoms with Gasteiger partial charge in [0.25, 0.3) is 0 Å². The van der Waals surface area contributed by atoms with Crippen LogP contribution < -0.4 is 0 Å². The van der Waals surface area contributed by atoms with E-state index in [1.54, 1.807) is 35.7 Å². The van der Waals surface area contributed by atoms with Gasteiger partial charge in [-0.1, -0.05) is 17.7 Å². The van der Waals surface area contributed by atoms with E-state index in [9.17, 15) is 4.79 Å². The Hall–Kier alpha value is -3.38. The Morgan fingerprint density at radius 1 is 1.07 bits per heavy atom. The number of pyridine rings is 1. The first-order chi connectivity index (χ1) is 14.0. The van der Waals surface area contributed by atoms with Crippen molar-refractivity contribution in [1.29, 1.82) is 0 Å². The van der Waals surface area contributed by atoms with E-state index in [-0.39, 0.29) is 12.2 Å². The summed E-state index contributed by atoms with van der Waals surface area (Å²) in [5, 5.41) is 4.79. The predicted molar refractivity (Wildman–Crippen MR) is 112 cm³/mol. The Morgan fingerprint density at radius 3 is 2.62 bits per heavy atom. The van der Waals surface area contributed by atoms with Crippen molar-refractivity contribution in [2.45, 2.75) is 13.3 Å². The van der Waals surface area contributed by atoms with Gasteiger partial charge < -0.3 is 0 Å². The number of aryl methyl sites for hydroxylation is 2. The molecule has 0 bridgehead atoms. The van der Waals surface area contributed by atoms with Gasteiger partial charge in [-0.05, 0) is 36.2 Å². The maximum atomic E-state index is 12.5. The van der Waals surface area contributed by atoms with Crippen molar-refractivity contribution in [3.05, 3.63) is 83.3 Å². The molecule has 1 aromatic carbocycles. The average Bonchev–Trinajstić information content (AvgIpc) is 3.16. The number of Topliss-reactive ketones (excluding diaryl/α,β-unsaturated/α-hetero) is 1. The monoisotopic (exact) mass is 403 g/mol. The van der Waals surface area contributed by atoms with Crippen LogP contribution in [0.5, 0.6) is 0 Å². The Balaban J connectivity index is 1.58. The highest BCUT2D eigenvalue weighted by Crippen LogP contribution is 2.31. The summed E-state index contributed by atoms with van der Waals surface area (Å²) in [5.74, 6) is -0.0331. The van der Waals surface area contributed by atoms with Crippen molar-refractivity contribution in [2.24, 2.45) is 7.05 Å². The van der Waals surface area contributed by atoms with Gasteiger partial charge in [-0.25, -0.2) is 0 Å². The molecule has 0 aliphatic rings. The molecule has 0 radical (unpaired) electrons. The van der Waals surface area contributed by atoms with Gasteiger partial charge >= 0.3 is 0 Å². The van der Waals surface area contributed by atoms with Crippen molar-refractivity contribution >= 4 is 17.4 Å². The lowest BCUT2D eigenvalue weighted by molar-refractivity contribution is 0.0991. The minimum absolute atomic E-state index is 0.0331. The van der Waals surface area contributed by atoms with E-state index in [0.717, 1.165) is 22.3 Å². The number of halogens is 1. The second kappa shape index (κ2) is 7.93. The van der Waals surface area contributed by atoms with Crippen LogP contribution in [0, 0.1) is 6.92 Å². The topological polar surface area (TPSA) is 73.6 Å². The molecule has 0 unspecified atom stereocenters. The molecule has 7 heteroatoms. The lowest BCUT2D eigenvalue weighted by Crippen LogP contribution is -2.08. The highest BCUT2D eigenvalue weighted by Gasteiger charge is 2.13. The molecule has 0 saturated heterocycles. The summed E-state index contributed by atoms with van der Waals surface area (Å²) in [6.45, 7) is 1.89. The first-order valence-electron chi connectivity index (χ1n) is 9.05. The summed E-state index contributed by atoms with van der Waals surface area (Å²) in [5.41, 5.74) is 5.51. The number of aromatic nitrogens is 5. The SMILES string of the molecule is Cc1ccncc1C(=O)Cc1cnc(-c2cc(-c3cnn(C)c3)ccc2Cl)cn1. The molecule has 3 aromatic heterocycles. The van der Waals surface area contributed by atoms with Crippen molar-refractivity contribution in [1.82, 2.24) is 24.7 Å². The molecule has 29 heavy (non-hydrogen) atoms. The maximum absolute atomic E-state index is 12.5. The molecule has 0 saturated carbocycles. The van der Waals surface area contributed by atoms with Crippen molar-refractivity contribution in [2.75, 3.05) is 0 Å². The second-order valence-electron chi connectivity index (χ2n) is 6.78. The molecule has 4 rings (SSSR count). The van der Waals surface area contributed by atoms with E-state index in [2.05, 4.69) is 20.1 Å². The normalized spacial score (nSPS) is 10.9. The van der Waals surface area contributed by atoms with E-state index in [1.807, 2.05) is 44.4 Å². The summed E-state index contributed by atoms with van der Waals surface area (Å²) in [4.78, 5) is 25.4. The standard InChI is InChI=1S/C22H18ClN5O/c1-14-5-6-24-11-19(14)22(29)8-17-10-26-21(12-25-17)18-7-15(3-4-20(18)23)16-9-27-28(2)13-16/h3-7,9-13H,8H2,1-2H3. The van der Waals surface area contributed by atoms with Gasteiger partial charge in [-0.3, -0.25) is 24.4 Å². The number of rotatable bonds is 5. The number of ketones is 1. The van der Waals surface area contributed by atoms with E-state index in [0.29, 0.717) is 22.0 Å². The van der Waals surface area contributed by atoms with Crippen LogP contribution in [0.1, 0.15) is 21.6 Å². The van der Waals surface area contributed by atoms with Crippen molar-refractivity contribution < 1.29 is 4.79 Å². The number of carbonyl (C=O) groups is 1. The minimum Gasteiger partial charge on any atom is -0.294 e. The fourth-order valence-corrected chi connectivity index (χ4v) is 3.29. The van der Waals surface area contributed by atoms with Gasteiger partial charge in [0, 0.05) is 48.5 Å². The third-order valence-electron chi connectivity index (χ3n) is 4.67. The second-order valence-corrected chi connectivity index (χ2v) is 7.19. The number of hydrogen-bond donors (Lipinski definition) is 0. The molecule has 0 amide bonds. The molecular formula is C22H18ClN5O. The lowest BCUT2D eigenvalue weighted by atomic mass is 10.0. The summed E-state index contributed by atoms with van der Waals surface area (Å²) in [6, 6.07) is 7.56. The van der Waals surface area contributed by atoms with Gasteiger partial charge in [0.1, 0.15) is 0 Å². The van der Waals surface area contributed by atoms with Crippen molar-refractivity contribution in [3.63, 3.8) is 0 Å². The minimum atomic E-state index is -0.0331. The Labute approximate surface area is 173 Å². The van der Waals surface area contributed by atoms with E-state index >= 15 is 0 Å². The van der Waals surface area contributed by atoms with Gasteiger partial charge in [0.2, 0.25) is 0 Å². The number of hydrogen-bond acceptors (Lipinski definition) is 5. The van der Waals surface area contributed by atoms with Crippen LogP contribution in [0.3, 0.4) is 0 Å². The van der Waals surface area contributed by atoms with Gasteiger partial charge in [0.05, 0.1) is 35.2 Å². The zero-order chi connectivity index (χ0) is 20.4. The smallest absolute Gasteiger partial charge is 0.170 e. The molecule has 144 valence electrons. The van der Waals surface area contributed by atoms with Crippen LogP contribution in [0.2, 0.25) is 5.02 Å². The maximum Gasteiger partial charge on any atom is 0.170 e. The van der Waals surface area contributed by atoms with Gasteiger partial charge in [-0.2, -0.15) is 5.10 Å². The van der Waals surface area contributed by atoms with Crippen LogP contribution in [-0.2, 0) is 13.5 Å². The number of benzene rings is 1. The highest BCUT2D eigenvalue weighted by molar-refractivity contribution is 6.33. The fourth-order valence-electron chi connectivity index (χ4n) is 3.07. The Morgan fingerprint density at radius 2 is 1.93 bits per heavy atom. The van der Waals surface area contributed by atoms with Crippen LogP contribution >= 0.6 is 11.6 Å². The Bertz CT molecular complexity index is 1180. The summed E-state index contributed by atoms with van der Waals surface area (Å²) in [6.07, 6.45) is 10.4. The van der Waals surface area contributed by atoms with E-state index in [4.69, 9.17) is 11.6 Å². The molecule has 3 heterocycles. The number of nitrogens with zero attached hydrogens (tertiary/aromatic N) is 5. The highest BCUT2D eigenvalue weighted by atomic mass is 35.5. The van der Waals surface area contributed by atoms with Gasteiger partial charge in [0.15, 0.2) is 5.78 Å². The molecule has 0 spiro atoms. The third-order valence-corrected chi connectivity index (χ3v) is 5.00. The molecule has 0 fully saturated rings. The first kappa shape index (κ1) is 19.0. The molecule has 0 aliphatic heterocycles. The van der Waals surface area contributed by atoms with Crippen LogP contribution in [0.25, 0.3) is 22.4 Å². The largest absolute Gasteiger partial charge is 0.294 e. The lowest BCUT2D eigenvalue weighted by Gasteiger charge is -2.08. The van der Waals surface area contributed by atoms with E-state index < -0.39 is 0 Å². The zero-order valence-electron chi connectivity index (χ0n) is 16.0. The summed E-state index contributed by atoms with van der Waals surface area (Å²) < 4.78 is 1.75. The molecule has 0 atom stereocenters. The molecule has 0 aliphatic carbocycles. The molecule has 6 nitrogen and oxygen atoms in total. The van der Waals surface area contributed by atoms with E-state index in [1.165, 1.54) is 0 Å². The zero-order valence-corrected chi connectivity index (χ0v) is 16.8. The predicted octanol–water partition coefficient (Wildman–Crippen LogP) is 4.33. The van der Waals surface area contributed by atoms with Crippen molar-refractivity contribution in [3.8, 4) is 22.4 Å². The Kier molecular flexibility index (Phi) is 5.18. The third kappa shape index (κ3) is 4.07. The van der Waals surface area contributed by atoms with Crippen LogP contribution in [0.15, 0.2) is 61.4 Å². The first-order valence-corrected chi connectivity index (χ1v) is 9.43. The van der Waals surface area contributed by atoms with Crippen LogP contribution in [-0.4, -0.2) is 30.5 Å². The molecule has 0 N–H and O–H groups in total. The summed E-state index contributed by atoms with van der Waals surface area (Å²) in [7, 11) is 1.87. The summed E-state index contributed by atoms with van der Waals surface area (Å²) >= 11 is 6.40.